The first-order valence-corrected chi connectivity index (χ1v) is 6.15. The average molecular weight is 290 g/mol. The maximum atomic E-state index is 12.7. The Morgan fingerprint density at radius 3 is 2.42 bits per heavy atom. The summed E-state index contributed by atoms with van der Waals surface area (Å²) in [4.78, 5) is 2.10. The number of allylic oxidation sites excluding steroid dienone is 1. The van der Waals surface area contributed by atoms with Crippen LogP contribution < -0.4 is 0 Å². The van der Waals surface area contributed by atoms with E-state index < -0.39 is 6.43 Å². The van der Waals surface area contributed by atoms with Crippen LogP contribution >= 0.6 is 12.4 Å². The van der Waals surface area contributed by atoms with Gasteiger partial charge in [0.2, 0.25) is 0 Å². The van der Waals surface area contributed by atoms with Gasteiger partial charge in [-0.3, -0.25) is 0 Å². The topological polar surface area (TPSA) is 3.24 Å². The summed E-state index contributed by atoms with van der Waals surface area (Å²) in [6.07, 6.45) is -0.397. The summed E-state index contributed by atoms with van der Waals surface area (Å²) >= 11 is 0. The normalized spacial score (nSPS) is 13.6. The van der Waals surface area contributed by atoms with Crippen LogP contribution in [0.5, 0.6) is 0 Å². The van der Waals surface area contributed by atoms with Gasteiger partial charge in [0, 0.05) is 12.1 Å². The molecule has 1 rings (SSSR count). The molecule has 1 nitrogen and oxygen atoms in total. The minimum Gasteiger partial charge on any atom is -0.309 e. The van der Waals surface area contributed by atoms with Gasteiger partial charge in [0.05, 0.1) is 0 Å². The second-order valence-electron chi connectivity index (χ2n) is 4.83. The van der Waals surface area contributed by atoms with E-state index in [1.165, 1.54) is 6.07 Å². The summed E-state index contributed by atoms with van der Waals surface area (Å²) in [5.74, 6) is 0.318. The van der Waals surface area contributed by atoms with Crippen molar-refractivity contribution in [3.63, 3.8) is 0 Å². The molecule has 1 aromatic carbocycles. The number of nitrogens with zero attached hydrogens (tertiary/aromatic N) is 1. The number of hydrogen-bond acceptors (Lipinski definition) is 1. The molecule has 108 valence electrons. The Hall–Kier alpha value is -0.930. The van der Waals surface area contributed by atoms with Crippen LogP contribution in [0.15, 0.2) is 30.3 Å². The second kappa shape index (κ2) is 8.28. The summed E-state index contributed by atoms with van der Waals surface area (Å²) in [7, 11) is 4.03. The first-order valence-electron chi connectivity index (χ1n) is 6.15. The summed E-state index contributed by atoms with van der Waals surface area (Å²) in [6, 6.07) is 6.65. The van der Waals surface area contributed by atoms with Gasteiger partial charge in [0.25, 0.3) is 6.43 Å². The molecule has 0 N–H and O–H groups in total. The number of alkyl halides is 2. The molecule has 1 unspecified atom stereocenters. The van der Waals surface area contributed by atoms with Crippen molar-refractivity contribution < 1.29 is 8.78 Å². The third kappa shape index (κ3) is 5.29. The summed E-state index contributed by atoms with van der Waals surface area (Å²) in [5, 5.41) is 0. The number of benzene rings is 1. The lowest BCUT2D eigenvalue weighted by atomic mass is 9.92. The van der Waals surface area contributed by atoms with E-state index in [4.69, 9.17) is 0 Å². The molecule has 0 fully saturated rings. The van der Waals surface area contributed by atoms with E-state index in [0.717, 1.165) is 17.7 Å². The highest BCUT2D eigenvalue weighted by molar-refractivity contribution is 5.85. The molecule has 0 amide bonds. The Morgan fingerprint density at radius 1 is 1.32 bits per heavy atom. The molecule has 1 aromatic rings. The highest BCUT2D eigenvalue weighted by atomic mass is 35.5. The van der Waals surface area contributed by atoms with Crippen molar-refractivity contribution in [3.8, 4) is 0 Å². The van der Waals surface area contributed by atoms with Gasteiger partial charge < -0.3 is 4.90 Å². The van der Waals surface area contributed by atoms with Crippen molar-refractivity contribution in [1.29, 1.82) is 0 Å². The molecule has 0 spiro atoms. The fraction of sp³-hybridized carbons (Fsp3) is 0.467. The zero-order valence-electron chi connectivity index (χ0n) is 11.9. The van der Waals surface area contributed by atoms with Crippen molar-refractivity contribution in [2.75, 3.05) is 20.6 Å². The summed E-state index contributed by atoms with van der Waals surface area (Å²) in [5.41, 5.74) is 2.10. The van der Waals surface area contributed by atoms with Gasteiger partial charge in [0.15, 0.2) is 0 Å². The van der Waals surface area contributed by atoms with E-state index in [-0.39, 0.29) is 18.0 Å². The molecule has 0 aliphatic rings. The number of rotatable bonds is 5. The maximum absolute atomic E-state index is 12.7. The van der Waals surface area contributed by atoms with Gasteiger partial charge in [-0.05, 0) is 44.1 Å². The SMILES string of the molecule is CC=C(c1cccc(C(F)F)c1)C(C)CN(C)C.Cl. The number of halogens is 3. The van der Waals surface area contributed by atoms with Crippen LogP contribution in [-0.2, 0) is 0 Å². The first-order chi connectivity index (χ1) is 8.45. The monoisotopic (exact) mass is 289 g/mol. The van der Waals surface area contributed by atoms with Gasteiger partial charge in [-0.15, -0.1) is 12.4 Å². The fourth-order valence-corrected chi connectivity index (χ4v) is 2.24. The first kappa shape index (κ1) is 18.1. The quantitative estimate of drug-likeness (QED) is 0.763. The highest BCUT2D eigenvalue weighted by Gasteiger charge is 2.13. The zero-order chi connectivity index (χ0) is 13.7. The largest absolute Gasteiger partial charge is 0.309 e. The highest BCUT2D eigenvalue weighted by Crippen LogP contribution is 2.27. The van der Waals surface area contributed by atoms with Crippen LogP contribution in [0, 0.1) is 5.92 Å². The van der Waals surface area contributed by atoms with Crippen molar-refractivity contribution in [3.05, 3.63) is 41.5 Å². The van der Waals surface area contributed by atoms with Crippen molar-refractivity contribution in [1.82, 2.24) is 4.90 Å². The van der Waals surface area contributed by atoms with E-state index >= 15 is 0 Å². The molecule has 0 radical (unpaired) electrons. The Balaban J connectivity index is 0.00000324. The minimum absolute atomic E-state index is 0. The van der Waals surface area contributed by atoms with E-state index in [1.54, 1.807) is 12.1 Å². The Bertz CT molecular complexity index is 416. The molecule has 0 aliphatic carbocycles. The molecule has 0 saturated heterocycles. The average Bonchev–Trinajstić information content (AvgIpc) is 2.29. The molecule has 0 heterocycles. The van der Waals surface area contributed by atoms with Gasteiger partial charge in [-0.2, -0.15) is 0 Å². The molecular formula is C15H22ClF2N. The van der Waals surface area contributed by atoms with Crippen LogP contribution in [0.25, 0.3) is 5.57 Å². The lowest BCUT2D eigenvalue weighted by Gasteiger charge is -2.20. The third-order valence-electron chi connectivity index (χ3n) is 2.95. The van der Waals surface area contributed by atoms with E-state index in [9.17, 15) is 8.78 Å². The predicted octanol–water partition coefficient (Wildman–Crippen LogP) is 4.65. The van der Waals surface area contributed by atoms with Crippen molar-refractivity contribution in [2.24, 2.45) is 5.92 Å². The lowest BCUT2D eigenvalue weighted by molar-refractivity contribution is 0.151. The predicted molar refractivity (Wildman–Crippen MR) is 80.0 cm³/mol. The van der Waals surface area contributed by atoms with Crippen LogP contribution in [0.4, 0.5) is 8.78 Å². The van der Waals surface area contributed by atoms with Crippen LogP contribution in [0.1, 0.15) is 31.4 Å². The molecule has 0 aliphatic heterocycles. The smallest absolute Gasteiger partial charge is 0.263 e. The van der Waals surface area contributed by atoms with Crippen molar-refractivity contribution in [2.45, 2.75) is 20.3 Å². The van der Waals surface area contributed by atoms with Crippen LogP contribution in [-0.4, -0.2) is 25.5 Å². The van der Waals surface area contributed by atoms with Gasteiger partial charge in [0.1, 0.15) is 0 Å². The standard InChI is InChI=1S/C15H21F2N.ClH/c1-5-14(11(2)10-18(3)4)12-7-6-8-13(9-12)15(16)17;/h5-9,11,15H,10H2,1-4H3;1H. The van der Waals surface area contributed by atoms with E-state index in [1.807, 2.05) is 33.2 Å². The summed E-state index contributed by atoms with van der Waals surface area (Å²) in [6.45, 7) is 4.97. The molecular weight excluding hydrogens is 268 g/mol. The van der Waals surface area contributed by atoms with Crippen LogP contribution in [0.3, 0.4) is 0 Å². The molecule has 4 heteroatoms. The van der Waals surface area contributed by atoms with Gasteiger partial charge in [-0.1, -0.05) is 31.2 Å². The third-order valence-corrected chi connectivity index (χ3v) is 2.95. The maximum Gasteiger partial charge on any atom is 0.263 e. The Labute approximate surface area is 120 Å². The summed E-state index contributed by atoms with van der Waals surface area (Å²) < 4.78 is 25.4. The fourth-order valence-electron chi connectivity index (χ4n) is 2.24. The Kier molecular flexibility index (Phi) is 7.88. The molecule has 1 atom stereocenters. The van der Waals surface area contributed by atoms with Gasteiger partial charge >= 0.3 is 0 Å². The van der Waals surface area contributed by atoms with Gasteiger partial charge in [-0.25, -0.2) is 8.78 Å². The van der Waals surface area contributed by atoms with E-state index in [2.05, 4.69) is 11.8 Å². The Morgan fingerprint density at radius 2 is 1.95 bits per heavy atom. The van der Waals surface area contributed by atoms with E-state index in [0.29, 0.717) is 5.92 Å². The minimum atomic E-state index is -2.41. The van der Waals surface area contributed by atoms with Crippen LogP contribution in [0.2, 0.25) is 0 Å². The lowest BCUT2D eigenvalue weighted by Crippen LogP contribution is -2.20. The molecule has 0 aromatic heterocycles. The molecule has 0 saturated carbocycles. The number of hydrogen-bond donors (Lipinski definition) is 0. The second-order valence-corrected chi connectivity index (χ2v) is 4.83. The molecule has 0 bridgehead atoms. The zero-order valence-corrected chi connectivity index (χ0v) is 12.7. The van der Waals surface area contributed by atoms with Crippen molar-refractivity contribution >= 4 is 18.0 Å². The molecule has 19 heavy (non-hydrogen) atoms.